The third-order valence-electron chi connectivity index (χ3n) is 2.83. The van der Waals surface area contributed by atoms with Crippen LogP contribution in [0.5, 0.6) is 0 Å². The quantitative estimate of drug-likeness (QED) is 0.811. The van der Waals surface area contributed by atoms with Crippen molar-refractivity contribution in [3.8, 4) is 6.07 Å². The fourth-order valence-corrected chi connectivity index (χ4v) is 1.92. The number of ether oxygens (including phenoxy) is 1. The number of furan rings is 1. The Labute approximate surface area is 88.8 Å². The van der Waals surface area contributed by atoms with Crippen LogP contribution in [-0.2, 0) is 4.74 Å². The summed E-state index contributed by atoms with van der Waals surface area (Å²) in [6.45, 7) is 2.83. The third kappa shape index (κ3) is 1.54. The van der Waals surface area contributed by atoms with Gasteiger partial charge in [-0.05, 0) is 26.1 Å². The van der Waals surface area contributed by atoms with Crippen molar-refractivity contribution >= 4 is 0 Å². The van der Waals surface area contributed by atoms with Crippen molar-refractivity contribution in [2.24, 2.45) is 5.41 Å². The van der Waals surface area contributed by atoms with Crippen molar-refractivity contribution in [1.82, 2.24) is 5.32 Å². The lowest BCUT2D eigenvalue weighted by molar-refractivity contribution is -0.0995. The molecular formula is C11H14N2O2. The van der Waals surface area contributed by atoms with Gasteiger partial charge in [-0.25, -0.2) is 0 Å². The van der Waals surface area contributed by atoms with E-state index in [4.69, 9.17) is 9.15 Å². The van der Waals surface area contributed by atoms with E-state index in [9.17, 15) is 5.26 Å². The molecule has 4 heteroatoms. The van der Waals surface area contributed by atoms with Gasteiger partial charge in [0.05, 0.1) is 25.3 Å². The maximum Gasteiger partial charge on any atom is 0.126 e. The van der Waals surface area contributed by atoms with Gasteiger partial charge in [0, 0.05) is 0 Å². The summed E-state index contributed by atoms with van der Waals surface area (Å²) < 4.78 is 10.7. The Kier molecular flexibility index (Phi) is 2.51. The first-order chi connectivity index (χ1) is 7.22. The summed E-state index contributed by atoms with van der Waals surface area (Å²) in [6.07, 6.45) is 0. The Bertz CT molecular complexity index is 388. The van der Waals surface area contributed by atoms with Crippen LogP contribution in [0.15, 0.2) is 16.5 Å². The highest BCUT2D eigenvalue weighted by Crippen LogP contribution is 2.40. The zero-order valence-electron chi connectivity index (χ0n) is 8.91. The summed E-state index contributed by atoms with van der Waals surface area (Å²) in [5.74, 6) is 1.67. The molecule has 1 unspecified atom stereocenters. The lowest BCUT2D eigenvalue weighted by Crippen LogP contribution is -2.50. The molecule has 1 fully saturated rings. The molecule has 0 bridgehead atoms. The summed E-state index contributed by atoms with van der Waals surface area (Å²) in [7, 11) is 1.83. The molecule has 1 aromatic heterocycles. The van der Waals surface area contributed by atoms with Gasteiger partial charge in [-0.3, -0.25) is 0 Å². The largest absolute Gasteiger partial charge is 0.465 e. The van der Waals surface area contributed by atoms with Crippen molar-refractivity contribution in [3.05, 3.63) is 23.7 Å². The molecule has 80 valence electrons. The van der Waals surface area contributed by atoms with Crippen LogP contribution in [0.25, 0.3) is 0 Å². The maximum atomic E-state index is 9.19. The fourth-order valence-electron chi connectivity index (χ4n) is 1.92. The topological polar surface area (TPSA) is 58.2 Å². The zero-order valence-corrected chi connectivity index (χ0v) is 8.91. The van der Waals surface area contributed by atoms with Crippen molar-refractivity contribution < 1.29 is 9.15 Å². The van der Waals surface area contributed by atoms with Gasteiger partial charge in [-0.2, -0.15) is 5.26 Å². The first-order valence-electron chi connectivity index (χ1n) is 4.94. The molecular weight excluding hydrogens is 192 g/mol. The van der Waals surface area contributed by atoms with E-state index in [-0.39, 0.29) is 6.04 Å². The minimum atomic E-state index is -0.473. The molecule has 0 saturated carbocycles. The number of nitrogens with zero attached hydrogens (tertiary/aromatic N) is 1. The average molecular weight is 206 g/mol. The molecule has 0 spiro atoms. The first kappa shape index (κ1) is 10.2. The second-order valence-electron chi connectivity index (χ2n) is 3.93. The molecule has 1 aliphatic heterocycles. The molecule has 2 heterocycles. The standard InChI is InChI=1S/C11H14N2O2/c1-8-3-4-9(15-8)10(13-2)11(5-12)6-14-7-11/h3-4,10,13H,6-7H2,1-2H3. The highest BCUT2D eigenvalue weighted by Gasteiger charge is 2.47. The summed E-state index contributed by atoms with van der Waals surface area (Å²) in [5.41, 5.74) is -0.473. The fraction of sp³-hybridized carbons (Fsp3) is 0.545. The predicted octanol–water partition coefficient (Wildman–Crippen LogP) is 1.39. The number of hydrogen-bond donors (Lipinski definition) is 1. The molecule has 0 aliphatic carbocycles. The molecule has 1 N–H and O–H groups in total. The summed E-state index contributed by atoms with van der Waals surface area (Å²) in [5, 5.41) is 12.3. The molecule has 0 radical (unpaired) electrons. The van der Waals surface area contributed by atoms with Gasteiger partial charge in [0.2, 0.25) is 0 Å². The van der Waals surface area contributed by atoms with E-state index in [0.717, 1.165) is 11.5 Å². The van der Waals surface area contributed by atoms with Crippen LogP contribution in [-0.4, -0.2) is 20.3 Å². The van der Waals surface area contributed by atoms with E-state index in [0.29, 0.717) is 13.2 Å². The molecule has 4 nitrogen and oxygen atoms in total. The predicted molar refractivity (Wildman–Crippen MR) is 54.1 cm³/mol. The summed E-state index contributed by atoms with van der Waals surface area (Å²) in [6, 6.07) is 6.05. The number of nitriles is 1. The lowest BCUT2D eigenvalue weighted by Gasteiger charge is -2.40. The van der Waals surface area contributed by atoms with Gasteiger partial charge in [-0.1, -0.05) is 0 Å². The Morgan fingerprint density at radius 1 is 1.53 bits per heavy atom. The molecule has 1 atom stereocenters. The third-order valence-corrected chi connectivity index (χ3v) is 2.83. The molecule has 1 saturated heterocycles. The molecule has 1 aromatic rings. The van der Waals surface area contributed by atoms with E-state index in [1.54, 1.807) is 0 Å². The molecule has 2 rings (SSSR count). The van der Waals surface area contributed by atoms with E-state index in [2.05, 4.69) is 11.4 Å². The Morgan fingerprint density at radius 2 is 2.27 bits per heavy atom. The second kappa shape index (κ2) is 3.69. The molecule has 0 aromatic carbocycles. The molecule has 0 amide bonds. The van der Waals surface area contributed by atoms with Crippen LogP contribution < -0.4 is 5.32 Å². The lowest BCUT2D eigenvalue weighted by atomic mass is 9.78. The van der Waals surface area contributed by atoms with Crippen molar-refractivity contribution in [3.63, 3.8) is 0 Å². The smallest absolute Gasteiger partial charge is 0.126 e. The van der Waals surface area contributed by atoms with E-state index < -0.39 is 5.41 Å². The first-order valence-corrected chi connectivity index (χ1v) is 4.94. The normalized spacial score (nSPS) is 20.3. The summed E-state index contributed by atoms with van der Waals surface area (Å²) >= 11 is 0. The van der Waals surface area contributed by atoms with Crippen LogP contribution in [0.1, 0.15) is 17.6 Å². The highest BCUT2D eigenvalue weighted by atomic mass is 16.5. The van der Waals surface area contributed by atoms with Crippen molar-refractivity contribution in [2.75, 3.05) is 20.3 Å². The Morgan fingerprint density at radius 3 is 2.60 bits per heavy atom. The Balaban J connectivity index is 2.28. The average Bonchev–Trinajstić information content (AvgIpc) is 2.58. The second-order valence-corrected chi connectivity index (χ2v) is 3.93. The van der Waals surface area contributed by atoms with Crippen LogP contribution in [0, 0.1) is 23.7 Å². The van der Waals surface area contributed by atoms with Crippen molar-refractivity contribution in [2.45, 2.75) is 13.0 Å². The van der Waals surface area contributed by atoms with Gasteiger partial charge in [0.25, 0.3) is 0 Å². The molecule has 15 heavy (non-hydrogen) atoms. The van der Waals surface area contributed by atoms with E-state index in [1.807, 2.05) is 26.1 Å². The van der Waals surface area contributed by atoms with Gasteiger partial charge in [0.15, 0.2) is 0 Å². The SMILES string of the molecule is CNC(c1ccc(C)o1)C1(C#N)COC1. The highest BCUT2D eigenvalue weighted by molar-refractivity contribution is 5.20. The van der Waals surface area contributed by atoms with Crippen LogP contribution in [0.2, 0.25) is 0 Å². The van der Waals surface area contributed by atoms with Gasteiger partial charge >= 0.3 is 0 Å². The maximum absolute atomic E-state index is 9.19. The van der Waals surface area contributed by atoms with Crippen LogP contribution in [0.3, 0.4) is 0 Å². The number of nitrogens with one attached hydrogen (secondary N) is 1. The van der Waals surface area contributed by atoms with Crippen LogP contribution >= 0.6 is 0 Å². The van der Waals surface area contributed by atoms with Crippen LogP contribution in [0.4, 0.5) is 0 Å². The van der Waals surface area contributed by atoms with Crippen molar-refractivity contribution in [1.29, 1.82) is 5.26 Å². The van der Waals surface area contributed by atoms with E-state index in [1.165, 1.54) is 0 Å². The van der Waals surface area contributed by atoms with Gasteiger partial charge in [0.1, 0.15) is 16.9 Å². The van der Waals surface area contributed by atoms with E-state index >= 15 is 0 Å². The Hall–Kier alpha value is -1.31. The zero-order chi connectivity index (χ0) is 10.9. The number of rotatable bonds is 3. The number of aryl methyl sites for hydroxylation is 1. The summed E-state index contributed by atoms with van der Waals surface area (Å²) in [4.78, 5) is 0. The molecule has 1 aliphatic rings. The van der Waals surface area contributed by atoms with Gasteiger partial charge < -0.3 is 14.5 Å². The minimum Gasteiger partial charge on any atom is -0.465 e. The monoisotopic (exact) mass is 206 g/mol. The van der Waals surface area contributed by atoms with Gasteiger partial charge in [-0.15, -0.1) is 0 Å². The minimum absolute atomic E-state index is 0.0926. The number of hydrogen-bond acceptors (Lipinski definition) is 4.